The number of para-hydroxylation sites is 2. The number of benzene rings is 2. The Morgan fingerprint density at radius 1 is 1.22 bits per heavy atom. The number of amides is 1. The van der Waals surface area contributed by atoms with Gasteiger partial charge in [0.25, 0.3) is 0 Å². The maximum Gasteiger partial charge on any atom is 0.242 e. The Kier molecular flexibility index (Phi) is 6.34. The van der Waals surface area contributed by atoms with Crippen molar-refractivity contribution in [2.45, 2.75) is 12.3 Å². The molecule has 0 atom stereocenters. The molecule has 0 radical (unpaired) electrons. The maximum atomic E-state index is 12.9. The number of imidazole rings is 1. The summed E-state index contributed by atoms with van der Waals surface area (Å²) in [4.78, 5) is 18.9. The lowest BCUT2D eigenvalue weighted by Crippen LogP contribution is -2.33. The molecule has 0 bridgehead atoms. The zero-order valence-corrected chi connectivity index (χ0v) is 16.2. The van der Waals surface area contributed by atoms with E-state index in [1.807, 2.05) is 35.1 Å². The molecule has 3 aromatic rings. The fourth-order valence-corrected chi connectivity index (χ4v) is 3.23. The van der Waals surface area contributed by atoms with E-state index in [1.165, 1.54) is 12.1 Å². The lowest BCUT2D eigenvalue weighted by Gasteiger charge is -2.19. The van der Waals surface area contributed by atoms with Crippen molar-refractivity contribution in [1.82, 2.24) is 14.5 Å². The Balaban J connectivity index is 1.61. The van der Waals surface area contributed by atoms with Crippen LogP contribution in [0.4, 0.5) is 4.39 Å². The Morgan fingerprint density at radius 3 is 2.70 bits per heavy atom. The van der Waals surface area contributed by atoms with Gasteiger partial charge < -0.3 is 14.2 Å². The van der Waals surface area contributed by atoms with Crippen LogP contribution in [0.25, 0.3) is 11.0 Å². The van der Waals surface area contributed by atoms with Gasteiger partial charge in [-0.2, -0.15) is 11.8 Å². The third kappa shape index (κ3) is 4.80. The van der Waals surface area contributed by atoms with Crippen molar-refractivity contribution in [1.29, 1.82) is 0 Å². The number of fused-ring (bicyclic) bond motifs is 1. The molecule has 0 saturated carbocycles. The fourth-order valence-electron chi connectivity index (χ4n) is 2.75. The third-order valence-corrected chi connectivity index (χ3v) is 4.78. The molecule has 1 amide bonds. The van der Waals surface area contributed by atoms with Crippen molar-refractivity contribution in [2.75, 3.05) is 26.5 Å². The van der Waals surface area contributed by atoms with Crippen molar-refractivity contribution in [2.24, 2.45) is 0 Å². The van der Waals surface area contributed by atoms with Crippen LogP contribution >= 0.6 is 11.8 Å². The van der Waals surface area contributed by atoms with E-state index in [0.717, 1.165) is 22.6 Å². The van der Waals surface area contributed by atoms with Crippen LogP contribution in [0, 0.1) is 5.82 Å². The number of hydrogen-bond acceptors (Lipinski definition) is 4. The van der Waals surface area contributed by atoms with E-state index >= 15 is 0 Å². The van der Waals surface area contributed by atoms with Gasteiger partial charge in [0.05, 0.1) is 23.3 Å². The molecular weight excluding hydrogens is 365 g/mol. The van der Waals surface area contributed by atoms with Crippen LogP contribution in [0.5, 0.6) is 5.75 Å². The molecule has 0 aliphatic heterocycles. The van der Waals surface area contributed by atoms with Crippen LogP contribution in [0.15, 0.2) is 48.5 Å². The zero-order valence-electron chi connectivity index (χ0n) is 15.4. The van der Waals surface area contributed by atoms with Crippen LogP contribution in [0.2, 0.25) is 0 Å². The molecule has 0 unspecified atom stereocenters. The Morgan fingerprint density at radius 2 is 1.96 bits per heavy atom. The topological polar surface area (TPSA) is 47.4 Å². The van der Waals surface area contributed by atoms with Gasteiger partial charge in [-0.05, 0) is 42.7 Å². The molecule has 0 aliphatic carbocycles. The average molecular weight is 387 g/mol. The molecule has 3 rings (SSSR count). The maximum absolute atomic E-state index is 12.9. The number of nitrogens with zero attached hydrogens (tertiary/aromatic N) is 3. The summed E-state index contributed by atoms with van der Waals surface area (Å²) in [5.41, 5.74) is 1.86. The Bertz CT molecular complexity index is 911. The number of halogens is 1. The molecule has 0 saturated heterocycles. The minimum atomic E-state index is -0.303. The number of aromatic nitrogens is 2. The summed E-state index contributed by atoms with van der Waals surface area (Å²) in [5.74, 6) is 1.92. The zero-order chi connectivity index (χ0) is 19.2. The molecule has 1 aromatic heterocycles. The average Bonchev–Trinajstić information content (AvgIpc) is 3.01. The van der Waals surface area contributed by atoms with Crippen LogP contribution in [-0.2, 0) is 17.1 Å². The van der Waals surface area contributed by atoms with Gasteiger partial charge in [0.2, 0.25) is 5.91 Å². The molecule has 0 spiro atoms. The standard InChI is InChI=1S/C20H22FN3O2S/c1-23(11-12-26-16-9-7-15(21)8-10-16)20(25)13-24-18-6-4-3-5-17(18)22-19(24)14-27-2/h3-10H,11-14H2,1-2H3. The molecule has 7 heteroatoms. The van der Waals surface area contributed by atoms with Gasteiger partial charge in [0, 0.05) is 7.05 Å². The number of ether oxygens (including phenoxy) is 1. The molecule has 1 heterocycles. The second-order valence-corrected chi connectivity index (χ2v) is 7.02. The minimum Gasteiger partial charge on any atom is -0.492 e. The van der Waals surface area contributed by atoms with E-state index in [-0.39, 0.29) is 18.3 Å². The first-order valence-corrected chi connectivity index (χ1v) is 10.0. The lowest BCUT2D eigenvalue weighted by atomic mass is 10.3. The molecule has 0 N–H and O–H groups in total. The smallest absolute Gasteiger partial charge is 0.242 e. The number of likely N-dealkylation sites (N-methyl/N-ethyl adjacent to an activating group) is 1. The third-order valence-electron chi connectivity index (χ3n) is 4.24. The van der Waals surface area contributed by atoms with Gasteiger partial charge in [-0.15, -0.1) is 0 Å². The summed E-state index contributed by atoms with van der Waals surface area (Å²) < 4.78 is 20.4. The van der Waals surface area contributed by atoms with Crippen LogP contribution < -0.4 is 4.74 Å². The summed E-state index contributed by atoms with van der Waals surface area (Å²) in [5, 5.41) is 0. The highest BCUT2D eigenvalue weighted by Gasteiger charge is 2.15. The van der Waals surface area contributed by atoms with E-state index < -0.39 is 0 Å². The highest BCUT2D eigenvalue weighted by atomic mass is 32.2. The second-order valence-electron chi connectivity index (χ2n) is 6.15. The number of hydrogen-bond donors (Lipinski definition) is 0. The number of thioether (sulfide) groups is 1. The largest absolute Gasteiger partial charge is 0.492 e. The molecule has 27 heavy (non-hydrogen) atoms. The first kappa shape index (κ1) is 19.2. The Labute approximate surface area is 162 Å². The van der Waals surface area contributed by atoms with Crippen molar-refractivity contribution in [3.8, 4) is 5.75 Å². The van der Waals surface area contributed by atoms with Gasteiger partial charge in [-0.1, -0.05) is 12.1 Å². The van der Waals surface area contributed by atoms with Crippen LogP contribution in [0.3, 0.4) is 0 Å². The van der Waals surface area contributed by atoms with Gasteiger partial charge in [-0.3, -0.25) is 4.79 Å². The van der Waals surface area contributed by atoms with Crippen LogP contribution in [-0.4, -0.2) is 46.8 Å². The Hall–Kier alpha value is -2.54. The van der Waals surface area contributed by atoms with Crippen molar-refractivity contribution in [3.63, 3.8) is 0 Å². The van der Waals surface area contributed by atoms with Crippen molar-refractivity contribution in [3.05, 3.63) is 60.2 Å². The molecule has 5 nitrogen and oxygen atoms in total. The summed E-state index contributed by atoms with van der Waals surface area (Å²) in [6, 6.07) is 13.7. The number of carbonyl (C=O) groups excluding carboxylic acids is 1. The number of rotatable bonds is 8. The summed E-state index contributed by atoms with van der Waals surface area (Å²) in [7, 11) is 1.75. The molecule has 2 aromatic carbocycles. The van der Waals surface area contributed by atoms with Crippen molar-refractivity contribution < 1.29 is 13.9 Å². The highest BCUT2D eigenvalue weighted by molar-refractivity contribution is 7.97. The summed E-state index contributed by atoms with van der Waals surface area (Å²) in [6.45, 7) is 1.03. The fraction of sp³-hybridized carbons (Fsp3) is 0.300. The highest BCUT2D eigenvalue weighted by Crippen LogP contribution is 2.19. The summed E-state index contributed by atoms with van der Waals surface area (Å²) >= 11 is 1.68. The summed E-state index contributed by atoms with van der Waals surface area (Å²) in [6.07, 6.45) is 2.02. The van der Waals surface area contributed by atoms with E-state index in [1.54, 1.807) is 35.8 Å². The normalized spacial score (nSPS) is 10.9. The quantitative estimate of drug-likeness (QED) is 0.593. The minimum absolute atomic E-state index is 0.0109. The van der Waals surface area contributed by atoms with Gasteiger partial charge in [0.1, 0.15) is 30.5 Å². The van der Waals surface area contributed by atoms with E-state index in [4.69, 9.17) is 4.74 Å². The van der Waals surface area contributed by atoms with Crippen LogP contribution in [0.1, 0.15) is 5.82 Å². The molecule has 0 fully saturated rings. The molecule has 142 valence electrons. The monoisotopic (exact) mass is 387 g/mol. The van der Waals surface area contributed by atoms with Gasteiger partial charge in [-0.25, -0.2) is 9.37 Å². The van der Waals surface area contributed by atoms with E-state index in [0.29, 0.717) is 18.9 Å². The predicted octanol–water partition coefficient (Wildman–Crippen LogP) is 3.58. The van der Waals surface area contributed by atoms with Gasteiger partial charge in [0.15, 0.2) is 0 Å². The van der Waals surface area contributed by atoms with Gasteiger partial charge >= 0.3 is 0 Å². The lowest BCUT2D eigenvalue weighted by molar-refractivity contribution is -0.130. The SMILES string of the molecule is CSCc1nc2ccccc2n1CC(=O)N(C)CCOc1ccc(F)cc1. The second kappa shape index (κ2) is 8.90. The van der Waals surface area contributed by atoms with E-state index in [9.17, 15) is 9.18 Å². The number of carbonyl (C=O) groups is 1. The van der Waals surface area contributed by atoms with E-state index in [2.05, 4.69) is 4.98 Å². The first-order valence-electron chi connectivity index (χ1n) is 8.64. The van der Waals surface area contributed by atoms with Crippen molar-refractivity contribution >= 4 is 28.7 Å². The predicted molar refractivity (Wildman–Crippen MR) is 106 cm³/mol. The molecule has 0 aliphatic rings. The molecular formula is C20H22FN3O2S. The first-order chi connectivity index (χ1) is 13.1.